The van der Waals surface area contributed by atoms with Crippen molar-refractivity contribution < 1.29 is 86.5 Å². The lowest BCUT2D eigenvalue weighted by Gasteiger charge is -2.42. The topological polar surface area (TPSA) is 432 Å². The van der Waals surface area contributed by atoms with E-state index in [1.165, 1.54) is 23.9 Å². The molecule has 0 spiro atoms. The predicted molar refractivity (Wildman–Crippen MR) is 503 cm³/mol. The van der Waals surface area contributed by atoms with Crippen molar-refractivity contribution in [2.75, 3.05) is 135 Å². The summed E-state index contributed by atoms with van der Waals surface area (Å²) in [5.74, 6) is -7.44. The maximum atomic E-state index is 14.8. The summed E-state index contributed by atoms with van der Waals surface area (Å²) in [6, 6.07) is 9.11. The number of carbonyl (C=O) groups is 8. The number of nitrogen functional groups attached to an aromatic ring is 1. The van der Waals surface area contributed by atoms with Crippen LogP contribution in [0.2, 0.25) is 0 Å². The Hall–Kier alpha value is -11.2. The number of rotatable bonds is 24. The normalized spacial score (nSPS) is 27.6. The summed E-state index contributed by atoms with van der Waals surface area (Å²) < 4.78 is 49.8. The number of amides is 4. The minimum absolute atomic E-state index is 0.0000831. The highest BCUT2D eigenvalue weighted by molar-refractivity contribution is 6.39. The first kappa shape index (κ1) is 99.7. The van der Waals surface area contributed by atoms with E-state index in [0.717, 1.165) is 66.0 Å². The number of ketones is 3. The van der Waals surface area contributed by atoms with E-state index >= 15 is 0 Å². The first-order valence-corrected chi connectivity index (χ1v) is 47.7. The number of aliphatic hydroxyl groups excluding tert-OH is 1. The number of nitrogens with one attached hydrogen (secondary N) is 2. The molecule has 7 aromatic rings. The number of Topliss-reactive ketones (excluding diaryl/α,β-unsaturated/α-hetero) is 3. The Morgan fingerprint density at radius 3 is 2.20 bits per heavy atom. The summed E-state index contributed by atoms with van der Waals surface area (Å²) in [5, 5.41) is 33.3. The number of methoxy groups -OCH3 is 3. The lowest BCUT2D eigenvalue weighted by Crippen LogP contribution is -2.61. The van der Waals surface area contributed by atoms with E-state index in [-0.39, 0.29) is 80.6 Å². The van der Waals surface area contributed by atoms with Gasteiger partial charge in [-0.3, -0.25) is 33.7 Å². The Kier molecular flexibility index (Phi) is 34.4. The Labute approximate surface area is 787 Å². The predicted octanol–water partition coefficient (Wildman–Crippen LogP) is 9.10. The number of allylic oxidation sites excluding steroid dienone is 6. The van der Waals surface area contributed by atoms with Crippen molar-refractivity contribution >= 4 is 86.9 Å². The van der Waals surface area contributed by atoms with Gasteiger partial charge in [-0.2, -0.15) is 5.10 Å². The van der Waals surface area contributed by atoms with Crippen molar-refractivity contribution in [1.82, 2.24) is 74.6 Å². The largest absolute Gasteiger partial charge is 0.460 e. The van der Waals surface area contributed by atoms with Gasteiger partial charge in [-0.15, -0.1) is 0 Å². The van der Waals surface area contributed by atoms with Crippen molar-refractivity contribution in [2.24, 2.45) is 35.5 Å². The van der Waals surface area contributed by atoms with Crippen LogP contribution in [0.4, 0.5) is 22.5 Å². The zero-order chi connectivity index (χ0) is 95.6. The number of piperidine rings is 1. The molecule has 6 aromatic heterocycles. The highest BCUT2D eigenvalue weighted by Gasteiger charge is 2.53. The fourth-order valence-corrected chi connectivity index (χ4v) is 19.6. The SMILES string of the molecule is CO[C@H]1C[C@@H]2CC[C@@H](C)[C@@](O)(O2)C(=O)C(=O)N2CCCC[C@H]2C(=O)O[C@H]([C@H](C)C[C@@H]2CC[C@@H](OC(=O)NCc3cnc(N4CCN(C(=O)CCOCCOCCN5CCN(c6ncc(C(=O)N7CCc8cc(Cn9nc(-c%10cnc%11[nH]ccc%11c%10)c%10c(N)ncnc%109)ccc8C7)cn6)CC5)CC4)nc3)[C@H](OC)C2)CC(=O)[C@H](C)/C=C(\C)[C@@H](O)[C@@H](OC)C(=O)[C@H](C)C[C@H](C)/C=C/C=C/C=C/1C. The fourth-order valence-electron chi connectivity index (χ4n) is 19.6. The molecule has 7 aliphatic rings. The zero-order valence-corrected chi connectivity index (χ0v) is 79.3. The van der Waals surface area contributed by atoms with Crippen molar-refractivity contribution in [2.45, 2.75) is 213 Å². The van der Waals surface area contributed by atoms with Gasteiger partial charge in [-0.1, -0.05) is 89.3 Å². The number of piperazine rings is 2. The van der Waals surface area contributed by atoms with Crippen LogP contribution in [0.15, 0.2) is 121 Å². The van der Waals surface area contributed by atoms with Crippen LogP contribution < -0.4 is 20.9 Å². The maximum absolute atomic E-state index is 14.8. The smallest absolute Gasteiger partial charge is 0.407 e. The molecule has 135 heavy (non-hydrogen) atoms. The van der Waals surface area contributed by atoms with Crippen LogP contribution >= 0.6 is 0 Å². The molecule has 4 saturated heterocycles. The summed E-state index contributed by atoms with van der Waals surface area (Å²) in [6.45, 7) is 21.6. The first-order chi connectivity index (χ1) is 65.1. The quantitative estimate of drug-likeness (QED) is 0.0163. The molecule has 0 unspecified atom stereocenters. The highest BCUT2D eigenvalue weighted by atomic mass is 16.6. The van der Waals surface area contributed by atoms with Crippen LogP contribution in [0.1, 0.15) is 165 Å². The van der Waals surface area contributed by atoms with Crippen LogP contribution in [0.5, 0.6) is 0 Å². The molecule has 5 fully saturated rings. The number of esters is 1. The molecule has 14 rings (SSSR count). The number of H-pyrrole nitrogens is 1. The van der Waals surface area contributed by atoms with E-state index in [9.17, 15) is 48.6 Å². The van der Waals surface area contributed by atoms with E-state index < -0.39 is 102 Å². The van der Waals surface area contributed by atoms with Crippen molar-refractivity contribution in [1.29, 1.82) is 0 Å². The van der Waals surface area contributed by atoms with Crippen LogP contribution in [0, 0.1) is 35.5 Å². The number of pyridine rings is 1. The number of aromatic nitrogens is 10. The highest BCUT2D eigenvalue weighted by Crippen LogP contribution is 2.40. The molecule has 36 heteroatoms. The number of carbonyl (C=O) groups excluding carboxylic acids is 8. The third kappa shape index (κ3) is 25.0. The molecular weight excluding hydrogens is 1730 g/mol. The minimum Gasteiger partial charge on any atom is -0.460 e. The number of nitrogens with zero attached hydrogens (tertiary/aromatic N) is 15. The van der Waals surface area contributed by atoms with Gasteiger partial charge < -0.3 is 88.6 Å². The molecule has 6 N–H and O–H groups in total. The molecule has 1 aliphatic carbocycles. The molecule has 0 radical (unpaired) electrons. The molecular formula is C99H132N18O18. The van der Waals surface area contributed by atoms with E-state index in [1.807, 2.05) is 88.9 Å². The van der Waals surface area contributed by atoms with Gasteiger partial charge in [0.25, 0.3) is 17.6 Å². The Morgan fingerprint density at radius 2 is 1.46 bits per heavy atom. The summed E-state index contributed by atoms with van der Waals surface area (Å²) in [4.78, 5) is 159. The second kappa shape index (κ2) is 46.5. The lowest BCUT2D eigenvalue weighted by atomic mass is 9.78. The standard InChI is InChI=1S/C99H132N18O18/c1-61-16-12-11-13-17-62(2)80(128-8)50-76-23-19-67(7)99(127,135-76)89(122)94(124)116-29-15-14-18-77(116)95(125)133-81(51-78(118)63(3)45-66(6)87(121)88(130-10)86(120)65(5)44-61)64(4)46-68-21-24-79(82(48-68)129-9)134-98(126)107-54-70-52-103-96(104-53-70)114-37-35-112(36-38-114)83(119)27-40-131-42-43-132-41-39-111-31-33-113(34-32-111)97-105-56-75(57-106-97)93(123)115-30-26-71-47-69(20-22-73(71)59-115)58-117-92-84(90(100)108-60-109-92)85(110-117)74-49-72-25-28-101-91(72)102-55-74/h11-13,16-17,20,22,25,28,45,47,49,52-53,55-57,60-61,63-65,67-68,76-77,79-82,87-88,121,127H,14-15,18-19,21,23-24,26-27,29-44,46,48,50-51,54,58-59H2,1-10H3,(H,101,102)(H,107,126)(H2,100,108,109)/b13-11+,16-12+,62-17+,66-45+/t61-,63-,64-,65-,67-,68+,76+,77+,79-,80+,81+,82-,87-,88+,99-/m1/s1. The monoisotopic (exact) mass is 1860 g/mol. The molecule has 6 aliphatic heterocycles. The lowest BCUT2D eigenvalue weighted by molar-refractivity contribution is -0.265. The summed E-state index contributed by atoms with van der Waals surface area (Å²) in [5.41, 5.74) is 14.9. The number of aliphatic hydroxyl groups is 2. The third-order valence-electron chi connectivity index (χ3n) is 27.8. The van der Waals surface area contributed by atoms with Gasteiger partial charge in [0, 0.05) is 191 Å². The van der Waals surface area contributed by atoms with Gasteiger partial charge in [0.05, 0.1) is 68.7 Å². The van der Waals surface area contributed by atoms with Gasteiger partial charge in [-0.05, 0) is 142 Å². The molecule has 36 nitrogen and oxygen atoms in total. The summed E-state index contributed by atoms with van der Waals surface area (Å²) in [6.07, 6.45) is 21.6. The average Bonchev–Trinajstić information content (AvgIpc) is 1.56. The van der Waals surface area contributed by atoms with Gasteiger partial charge >= 0.3 is 12.1 Å². The van der Waals surface area contributed by atoms with Gasteiger partial charge in [0.15, 0.2) is 11.4 Å². The molecule has 2 bridgehead atoms. The van der Waals surface area contributed by atoms with E-state index in [2.05, 4.69) is 73.2 Å². The average molecular weight is 1860 g/mol. The fraction of sp³-hybridized carbons (Fsp3) is 0.576. The minimum atomic E-state index is -2.49. The number of aromatic amines is 1. The number of hydrogen-bond acceptors (Lipinski definition) is 30. The van der Waals surface area contributed by atoms with Crippen molar-refractivity contribution in [3.05, 3.63) is 149 Å². The van der Waals surface area contributed by atoms with Crippen LogP contribution in [0.25, 0.3) is 33.3 Å². The zero-order valence-electron chi connectivity index (χ0n) is 79.3. The molecule has 12 heterocycles. The Bertz CT molecular complexity index is 5400. The number of ether oxygens (including phenoxy) is 8. The maximum Gasteiger partial charge on any atom is 0.407 e. The van der Waals surface area contributed by atoms with Crippen molar-refractivity contribution in [3.63, 3.8) is 0 Å². The van der Waals surface area contributed by atoms with Crippen LogP contribution in [-0.2, 0) is 92.7 Å². The third-order valence-corrected chi connectivity index (χ3v) is 27.8. The Morgan fingerprint density at radius 1 is 0.719 bits per heavy atom. The number of alkyl carbamates (subject to hydrolysis) is 1. The van der Waals surface area contributed by atoms with Gasteiger partial charge in [-0.25, -0.2) is 49.2 Å². The number of fused-ring (bicyclic) bond motifs is 6. The summed E-state index contributed by atoms with van der Waals surface area (Å²) in [7, 11) is 4.49. The number of benzene rings is 1. The number of anilines is 3. The van der Waals surface area contributed by atoms with E-state index in [1.54, 1.807) is 79.0 Å². The first-order valence-electron chi connectivity index (χ1n) is 47.7. The molecule has 726 valence electrons. The molecule has 15 atom stereocenters. The van der Waals surface area contributed by atoms with Crippen LogP contribution in [-0.4, -0.2) is 301 Å². The number of cyclic esters (lactones) is 1. The van der Waals surface area contributed by atoms with Gasteiger partial charge in [0.2, 0.25) is 23.6 Å². The molecule has 1 saturated carbocycles. The second-order valence-electron chi connectivity index (χ2n) is 37.3. The number of hydrogen-bond donors (Lipinski definition) is 5. The van der Waals surface area contributed by atoms with Crippen molar-refractivity contribution in [3.8, 4) is 11.3 Å². The number of nitrogens with two attached hydrogens (primary N) is 1. The molecule has 1 aromatic carbocycles. The molecule has 4 amide bonds. The van der Waals surface area contributed by atoms with Gasteiger partial charge in [0.1, 0.15) is 59.7 Å². The van der Waals surface area contributed by atoms with E-state index in [4.69, 9.17) is 48.7 Å². The van der Waals surface area contributed by atoms with Crippen LogP contribution in [0.3, 0.4) is 0 Å². The van der Waals surface area contributed by atoms with E-state index in [0.29, 0.717) is 181 Å². The Balaban J connectivity index is 0.481. The second-order valence-corrected chi connectivity index (χ2v) is 37.3. The summed E-state index contributed by atoms with van der Waals surface area (Å²) >= 11 is 0.